The summed E-state index contributed by atoms with van der Waals surface area (Å²) in [6.07, 6.45) is 1.87. The number of rotatable bonds is 5. The summed E-state index contributed by atoms with van der Waals surface area (Å²) < 4.78 is 5.95. The Bertz CT molecular complexity index is 1370. The maximum absolute atomic E-state index is 12.3. The van der Waals surface area contributed by atoms with Gasteiger partial charge in [-0.25, -0.2) is 4.99 Å². The van der Waals surface area contributed by atoms with Gasteiger partial charge in [0.25, 0.3) is 5.91 Å². The van der Waals surface area contributed by atoms with Crippen LogP contribution in [0.15, 0.2) is 101 Å². The number of aryl methyl sites for hydroxylation is 1. The van der Waals surface area contributed by atoms with Gasteiger partial charge in [0.05, 0.1) is 10.6 Å². The van der Waals surface area contributed by atoms with Gasteiger partial charge in [0.15, 0.2) is 5.17 Å². The van der Waals surface area contributed by atoms with Crippen molar-refractivity contribution < 1.29 is 9.53 Å². The highest BCUT2D eigenvalue weighted by Gasteiger charge is 2.23. The number of ether oxygens (including phenoxy) is 1. The lowest BCUT2D eigenvalue weighted by Gasteiger charge is -2.08. The van der Waals surface area contributed by atoms with Crippen LogP contribution in [0.3, 0.4) is 0 Å². The van der Waals surface area contributed by atoms with Crippen molar-refractivity contribution >= 4 is 45.4 Å². The molecule has 0 atom stereocenters. The van der Waals surface area contributed by atoms with Crippen LogP contribution in [0.4, 0.5) is 5.69 Å². The molecule has 0 saturated carbocycles. The Labute approximate surface area is 197 Å². The molecule has 1 saturated heterocycles. The molecule has 5 rings (SSSR count). The number of benzene rings is 4. The fourth-order valence-corrected chi connectivity index (χ4v) is 4.37. The molecular weight excluding hydrogens is 428 g/mol. The maximum atomic E-state index is 12.3. The number of nitrogens with one attached hydrogen (secondary N) is 1. The van der Waals surface area contributed by atoms with Crippen LogP contribution in [0.25, 0.3) is 16.8 Å². The number of fused-ring (bicyclic) bond motifs is 1. The highest BCUT2D eigenvalue weighted by Crippen LogP contribution is 2.28. The second-order valence-electron chi connectivity index (χ2n) is 7.86. The summed E-state index contributed by atoms with van der Waals surface area (Å²) in [5.41, 5.74) is 4.05. The molecule has 0 aromatic heterocycles. The molecule has 0 radical (unpaired) electrons. The highest BCUT2D eigenvalue weighted by atomic mass is 32.2. The monoisotopic (exact) mass is 450 g/mol. The molecule has 1 fully saturated rings. The number of aliphatic imine (C=N–C) groups is 1. The molecule has 0 spiro atoms. The summed E-state index contributed by atoms with van der Waals surface area (Å²) in [6, 6.07) is 30.3. The molecule has 4 aromatic carbocycles. The van der Waals surface area contributed by atoms with Crippen molar-refractivity contribution in [3.05, 3.63) is 113 Å². The third-order valence-corrected chi connectivity index (χ3v) is 6.22. The van der Waals surface area contributed by atoms with E-state index in [0.29, 0.717) is 16.7 Å². The van der Waals surface area contributed by atoms with Crippen molar-refractivity contribution in [3.63, 3.8) is 0 Å². The molecule has 1 N–H and O–H groups in total. The first-order valence-corrected chi connectivity index (χ1v) is 11.5. The topological polar surface area (TPSA) is 50.7 Å². The average Bonchev–Trinajstić information content (AvgIpc) is 3.18. The van der Waals surface area contributed by atoms with Crippen LogP contribution >= 0.6 is 11.8 Å². The number of carbonyl (C=O) groups excluding carboxylic acids is 1. The largest absolute Gasteiger partial charge is 0.489 e. The highest BCUT2D eigenvalue weighted by molar-refractivity contribution is 8.18. The molecule has 4 nitrogen and oxygen atoms in total. The van der Waals surface area contributed by atoms with Gasteiger partial charge in [-0.1, -0.05) is 66.2 Å². The van der Waals surface area contributed by atoms with Crippen molar-refractivity contribution in [2.75, 3.05) is 0 Å². The first-order chi connectivity index (χ1) is 16.1. The van der Waals surface area contributed by atoms with Crippen LogP contribution < -0.4 is 10.1 Å². The first-order valence-electron chi connectivity index (χ1n) is 10.7. The second-order valence-corrected chi connectivity index (χ2v) is 8.89. The Balaban J connectivity index is 1.23. The van der Waals surface area contributed by atoms with Crippen molar-refractivity contribution in [1.82, 2.24) is 5.32 Å². The van der Waals surface area contributed by atoms with Crippen LogP contribution in [0, 0.1) is 6.92 Å². The Kier molecular flexibility index (Phi) is 5.96. The van der Waals surface area contributed by atoms with Gasteiger partial charge in [0.1, 0.15) is 12.4 Å². The van der Waals surface area contributed by atoms with E-state index in [0.717, 1.165) is 22.6 Å². The quantitative estimate of drug-likeness (QED) is 0.348. The van der Waals surface area contributed by atoms with Crippen LogP contribution in [0.2, 0.25) is 0 Å². The van der Waals surface area contributed by atoms with Crippen molar-refractivity contribution in [2.45, 2.75) is 13.5 Å². The van der Waals surface area contributed by atoms with Gasteiger partial charge >= 0.3 is 0 Å². The van der Waals surface area contributed by atoms with E-state index in [2.05, 4.69) is 40.6 Å². The molecule has 5 heteroatoms. The maximum Gasteiger partial charge on any atom is 0.264 e. The molecular formula is C28H22N2O2S. The van der Waals surface area contributed by atoms with Crippen molar-refractivity contribution in [3.8, 4) is 5.75 Å². The van der Waals surface area contributed by atoms with Gasteiger partial charge in [0, 0.05) is 0 Å². The van der Waals surface area contributed by atoms with Crippen molar-refractivity contribution in [2.24, 2.45) is 4.99 Å². The number of carbonyl (C=O) groups is 1. The minimum absolute atomic E-state index is 0.137. The van der Waals surface area contributed by atoms with Gasteiger partial charge in [-0.3, -0.25) is 4.79 Å². The van der Waals surface area contributed by atoms with Gasteiger partial charge < -0.3 is 10.1 Å². The predicted molar refractivity (Wildman–Crippen MR) is 137 cm³/mol. The second kappa shape index (κ2) is 9.35. The molecule has 4 aromatic rings. The summed E-state index contributed by atoms with van der Waals surface area (Å²) in [5.74, 6) is 0.651. The molecule has 1 aliphatic rings. The third-order valence-electron chi connectivity index (χ3n) is 5.31. The molecule has 1 aliphatic heterocycles. The van der Waals surface area contributed by atoms with Crippen LogP contribution in [-0.2, 0) is 11.4 Å². The van der Waals surface area contributed by atoms with E-state index in [1.165, 1.54) is 28.1 Å². The molecule has 1 amide bonds. The fourth-order valence-electron chi connectivity index (χ4n) is 3.52. The summed E-state index contributed by atoms with van der Waals surface area (Å²) in [7, 11) is 0. The molecule has 33 heavy (non-hydrogen) atoms. The number of thioether (sulfide) groups is 1. The molecule has 0 unspecified atom stereocenters. The van der Waals surface area contributed by atoms with E-state index in [9.17, 15) is 4.79 Å². The smallest absolute Gasteiger partial charge is 0.264 e. The Morgan fingerprint density at radius 2 is 1.67 bits per heavy atom. The molecule has 1 heterocycles. The molecule has 162 valence electrons. The van der Waals surface area contributed by atoms with Gasteiger partial charge in [-0.05, 0) is 77.0 Å². The zero-order valence-electron chi connectivity index (χ0n) is 18.1. The summed E-state index contributed by atoms with van der Waals surface area (Å²) in [4.78, 5) is 17.5. The normalized spacial score (nSPS) is 15.8. The lowest BCUT2D eigenvalue weighted by Crippen LogP contribution is -2.19. The van der Waals surface area contributed by atoms with E-state index in [4.69, 9.17) is 4.74 Å². The van der Waals surface area contributed by atoms with Gasteiger partial charge in [0.2, 0.25) is 0 Å². The number of amidine groups is 1. The molecule has 0 bridgehead atoms. The third kappa shape index (κ3) is 5.16. The van der Waals surface area contributed by atoms with Crippen LogP contribution in [0.5, 0.6) is 5.75 Å². The Hall–Kier alpha value is -3.83. The zero-order valence-corrected chi connectivity index (χ0v) is 18.9. The summed E-state index contributed by atoms with van der Waals surface area (Å²) in [5, 5.41) is 5.85. The first kappa shape index (κ1) is 21.0. The summed E-state index contributed by atoms with van der Waals surface area (Å²) >= 11 is 1.34. The minimum Gasteiger partial charge on any atom is -0.489 e. The number of amides is 1. The van der Waals surface area contributed by atoms with E-state index >= 15 is 0 Å². The van der Waals surface area contributed by atoms with E-state index in [-0.39, 0.29) is 5.91 Å². The van der Waals surface area contributed by atoms with Gasteiger partial charge in [-0.15, -0.1) is 0 Å². The van der Waals surface area contributed by atoms with Crippen molar-refractivity contribution in [1.29, 1.82) is 0 Å². The average molecular weight is 451 g/mol. The zero-order chi connectivity index (χ0) is 22.6. The van der Waals surface area contributed by atoms with Gasteiger partial charge in [-0.2, -0.15) is 0 Å². The number of hydrogen-bond acceptors (Lipinski definition) is 4. The van der Waals surface area contributed by atoms with E-state index in [1.807, 2.05) is 73.7 Å². The number of nitrogens with zero attached hydrogens (tertiary/aromatic N) is 1. The van der Waals surface area contributed by atoms with E-state index < -0.39 is 0 Å². The van der Waals surface area contributed by atoms with E-state index in [1.54, 1.807) is 0 Å². The van der Waals surface area contributed by atoms with Crippen LogP contribution in [0.1, 0.15) is 16.7 Å². The minimum atomic E-state index is -0.137. The SMILES string of the molecule is Cc1ccc(N=C2NC(=O)/C(=C\c3ccc(OCc4ccc5ccccc5c4)cc3)S2)cc1. The fraction of sp³-hybridized carbons (Fsp3) is 0.0714. The number of hydrogen-bond donors (Lipinski definition) is 1. The van der Waals surface area contributed by atoms with Crippen LogP contribution in [-0.4, -0.2) is 11.1 Å². The Morgan fingerprint density at radius 3 is 2.45 bits per heavy atom. The Morgan fingerprint density at radius 1 is 0.909 bits per heavy atom. The molecule has 0 aliphatic carbocycles. The lowest BCUT2D eigenvalue weighted by atomic mass is 10.1. The lowest BCUT2D eigenvalue weighted by molar-refractivity contribution is -0.115. The predicted octanol–water partition coefficient (Wildman–Crippen LogP) is 6.62. The standard InChI is InChI=1S/C28H22N2O2S/c1-19-6-12-24(13-7-19)29-28-30-27(31)26(33-28)17-20-9-14-25(15-10-20)32-18-21-8-11-22-4-2-3-5-23(22)16-21/h2-17H,18H2,1H3,(H,29,30,31)/b26-17+. The summed E-state index contributed by atoms with van der Waals surface area (Å²) in [6.45, 7) is 2.53.